The summed E-state index contributed by atoms with van der Waals surface area (Å²) < 4.78 is 36.4. The Bertz CT molecular complexity index is 1400. The second kappa shape index (κ2) is 11.7. The van der Waals surface area contributed by atoms with E-state index in [0.717, 1.165) is 32.2 Å². The van der Waals surface area contributed by atoms with E-state index in [1.807, 2.05) is 6.92 Å². The van der Waals surface area contributed by atoms with Gasteiger partial charge >= 0.3 is 0 Å². The number of aromatic amines is 1. The molecule has 2 aromatic heterocycles. The molecule has 0 bridgehead atoms. The minimum absolute atomic E-state index is 0.00688. The van der Waals surface area contributed by atoms with Crippen molar-refractivity contribution < 1.29 is 18.3 Å². The number of aliphatic hydroxyl groups is 1. The molecule has 3 N–H and O–H groups in total. The number of nitrogens with one attached hydrogen (secondary N) is 2. The van der Waals surface area contributed by atoms with Crippen molar-refractivity contribution in [1.82, 2.24) is 29.4 Å². The highest BCUT2D eigenvalue weighted by Crippen LogP contribution is 2.31. The topological polar surface area (TPSA) is 142 Å². The first-order valence-electron chi connectivity index (χ1n) is 12.8. The van der Waals surface area contributed by atoms with Crippen LogP contribution in [0.1, 0.15) is 44.7 Å². The third kappa shape index (κ3) is 6.03. The summed E-state index contributed by atoms with van der Waals surface area (Å²) in [5.74, 6) is 0.628. The second-order valence-electron chi connectivity index (χ2n) is 9.48. The van der Waals surface area contributed by atoms with E-state index in [1.165, 1.54) is 16.8 Å². The van der Waals surface area contributed by atoms with Crippen molar-refractivity contribution in [3.63, 3.8) is 0 Å². The fraction of sp³-hybridized carbons (Fsp3) is 0.560. The van der Waals surface area contributed by atoms with Crippen LogP contribution in [0.4, 0.5) is 0 Å². The highest BCUT2D eigenvalue weighted by atomic mass is 32.2. The van der Waals surface area contributed by atoms with Crippen LogP contribution in [0.25, 0.3) is 22.4 Å². The number of benzene rings is 1. The average molecular weight is 533 g/mol. The molecule has 1 aliphatic heterocycles. The zero-order valence-corrected chi connectivity index (χ0v) is 22.5. The zero-order valence-electron chi connectivity index (χ0n) is 21.7. The normalized spacial score (nSPS) is 16.6. The predicted octanol–water partition coefficient (Wildman–Crippen LogP) is 1.80. The molecule has 0 spiro atoms. The molecule has 1 fully saturated rings. The number of rotatable bonds is 12. The van der Waals surface area contributed by atoms with Crippen LogP contribution in [-0.4, -0.2) is 77.6 Å². The van der Waals surface area contributed by atoms with Gasteiger partial charge in [0.25, 0.3) is 5.56 Å². The Labute approximate surface area is 216 Å². The van der Waals surface area contributed by atoms with Crippen molar-refractivity contribution >= 4 is 21.1 Å². The number of hydrogen-bond acceptors (Lipinski definition) is 8. The SMILES string of the molecule is CCCOc1ccc(S(=O)(=O)NCCC2CCCN2C)cc1-c1nc2c(CCCO)nn(C)c2c(=O)[nH]1. The predicted molar refractivity (Wildman–Crippen MR) is 141 cm³/mol. The maximum absolute atomic E-state index is 13.2. The van der Waals surface area contributed by atoms with Crippen LogP contribution >= 0.6 is 0 Å². The van der Waals surface area contributed by atoms with E-state index < -0.39 is 15.6 Å². The molecule has 202 valence electrons. The summed E-state index contributed by atoms with van der Waals surface area (Å²) >= 11 is 0. The number of aliphatic hydroxyl groups excluding tert-OH is 1. The van der Waals surface area contributed by atoms with E-state index >= 15 is 0 Å². The molecule has 0 radical (unpaired) electrons. The molecule has 0 amide bonds. The lowest BCUT2D eigenvalue weighted by atomic mass is 10.1. The number of likely N-dealkylation sites (tertiary alicyclic amines) is 1. The van der Waals surface area contributed by atoms with E-state index in [-0.39, 0.29) is 17.3 Å². The maximum atomic E-state index is 13.2. The summed E-state index contributed by atoms with van der Waals surface area (Å²) in [4.78, 5) is 22.8. The van der Waals surface area contributed by atoms with Crippen LogP contribution in [0.3, 0.4) is 0 Å². The molecule has 0 saturated carbocycles. The Morgan fingerprint density at radius 2 is 2.11 bits per heavy atom. The Kier molecular flexibility index (Phi) is 8.63. The third-order valence-corrected chi connectivity index (χ3v) is 8.21. The van der Waals surface area contributed by atoms with Gasteiger partial charge in [0.1, 0.15) is 17.1 Å². The van der Waals surface area contributed by atoms with Gasteiger partial charge in [0.15, 0.2) is 5.52 Å². The molecule has 37 heavy (non-hydrogen) atoms. The quantitative estimate of drug-likeness (QED) is 0.321. The van der Waals surface area contributed by atoms with Gasteiger partial charge in [-0.2, -0.15) is 5.10 Å². The zero-order chi connectivity index (χ0) is 26.6. The molecule has 3 aromatic rings. The average Bonchev–Trinajstić information content (AvgIpc) is 3.43. The van der Waals surface area contributed by atoms with Crippen LogP contribution in [0.15, 0.2) is 27.9 Å². The fourth-order valence-corrected chi connectivity index (χ4v) is 5.85. The van der Waals surface area contributed by atoms with Crippen molar-refractivity contribution in [2.24, 2.45) is 7.05 Å². The summed E-state index contributed by atoms with van der Waals surface area (Å²) in [5, 5.41) is 13.7. The van der Waals surface area contributed by atoms with Crippen molar-refractivity contribution in [3.8, 4) is 17.1 Å². The van der Waals surface area contributed by atoms with E-state index in [4.69, 9.17) is 4.74 Å². The minimum atomic E-state index is -3.79. The number of nitrogens with zero attached hydrogens (tertiary/aromatic N) is 4. The summed E-state index contributed by atoms with van der Waals surface area (Å²) in [5.41, 5.74) is 1.32. The first-order chi connectivity index (χ1) is 17.7. The molecule has 1 saturated heterocycles. The van der Waals surface area contributed by atoms with Gasteiger partial charge in [-0.1, -0.05) is 6.92 Å². The standard InChI is InChI=1S/C25H36N6O5S/c1-4-15-36-21-10-9-18(37(34,35)26-12-11-17-7-5-13-30(17)2)16-19(21)24-27-22-20(8-6-14-32)29-31(3)23(22)25(33)28-24/h9-10,16-17,26,32H,4-8,11-15H2,1-3H3,(H,27,28,33). The smallest absolute Gasteiger partial charge is 0.277 e. The number of H-pyrrole nitrogens is 1. The molecule has 3 heterocycles. The molecular weight excluding hydrogens is 496 g/mol. The van der Waals surface area contributed by atoms with Gasteiger partial charge in [-0.15, -0.1) is 0 Å². The van der Waals surface area contributed by atoms with Gasteiger partial charge in [0, 0.05) is 26.2 Å². The molecule has 4 rings (SSSR count). The van der Waals surface area contributed by atoms with Crippen LogP contribution in [0.5, 0.6) is 5.75 Å². The number of sulfonamides is 1. The maximum Gasteiger partial charge on any atom is 0.277 e. The van der Waals surface area contributed by atoms with Gasteiger partial charge in [0.2, 0.25) is 10.0 Å². The second-order valence-corrected chi connectivity index (χ2v) is 11.2. The number of hydrogen-bond donors (Lipinski definition) is 3. The summed E-state index contributed by atoms with van der Waals surface area (Å²) in [6, 6.07) is 4.97. The number of aryl methyl sites for hydroxylation is 2. The van der Waals surface area contributed by atoms with Crippen LogP contribution in [0.2, 0.25) is 0 Å². The Balaban J connectivity index is 1.70. The molecule has 1 aliphatic rings. The van der Waals surface area contributed by atoms with Crippen LogP contribution in [-0.2, 0) is 23.5 Å². The third-order valence-electron chi connectivity index (χ3n) is 6.75. The summed E-state index contributed by atoms with van der Waals surface area (Å²) in [6.07, 6.45) is 4.64. The van der Waals surface area contributed by atoms with Gasteiger partial charge in [-0.25, -0.2) is 18.1 Å². The van der Waals surface area contributed by atoms with Crippen LogP contribution in [0, 0.1) is 0 Å². The molecule has 0 aliphatic carbocycles. The largest absolute Gasteiger partial charge is 0.493 e. The molecular formula is C25H36N6O5S. The van der Waals surface area contributed by atoms with Crippen molar-refractivity contribution in [3.05, 3.63) is 34.2 Å². The Morgan fingerprint density at radius 3 is 2.81 bits per heavy atom. The first-order valence-corrected chi connectivity index (χ1v) is 14.3. The lowest BCUT2D eigenvalue weighted by molar-refractivity contribution is 0.288. The molecule has 1 unspecified atom stereocenters. The molecule has 1 atom stereocenters. The molecule has 11 nitrogen and oxygen atoms in total. The van der Waals surface area contributed by atoms with Gasteiger partial charge in [0.05, 0.1) is 22.8 Å². The highest BCUT2D eigenvalue weighted by molar-refractivity contribution is 7.89. The molecule has 1 aromatic carbocycles. The lowest BCUT2D eigenvalue weighted by Gasteiger charge is -2.19. The van der Waals surface area contributed by atoms with Gasteiger partial charge in [-0.3, -0.25) is 9.48 Å². The van der Waals surface area contributed by atoms with Gasteiger partial charge < -0.3 is 19.7 Å². The minimum Gasteiger partial charge on any atom is -0.493 e. The fourth-order valence-electron chi connectivity index (χ4n) is 4.78. The summed E-state index contributed by atoms with van der Waals surface area (Å²) in [7, 11) is -0.0629. The Hall–Kier alpha value is -2.80. The molecule has 12 heteroatoms. The van der Waals surface area contributed by atoms with E-state index in [9.17, 15) is 18.3 Å². The Morgan fingerprint density at radius 1 is 1.30 bits per heavy atom. The lowest BCUT2D eigenvalue weighted by Crippen LogP contribution is -2.31. The highest BCUT2D eigenvalue weighted by Gasteiger charge is 2.23. The van der Waals surface area contributed by atoms with E-state index in [0.29, 0.717) is 60.1 Å². The number of fused-ring (bicyclic) bond motifs is 1. The van der Waals surface area contributed by atoms with Crippen LogP contribution < -0.4 is 15.0 Å². The number of ether oxygens (including phenoxy) is 1. The monoisotopic (exact) mass is 532 g/mol. The van der Waals surface area contributed by atoms with Crippen molar-refractivity contribution in [1.29, 1.82) is 0 Å². The van der Waals surface area contributed by atoms with E-state index in [2.05, 4.69) is 31.7 Å². The summed E-state index contributed by atoms with van der Waals surface area (Å²) in [6.45, 7) is 3.76. The number of aromatic nitrogens is 4. The first kappa shape index (κ1) is 27.2. The van der Waals surface area contributed by atoms with E-state index in [1.54, 1.807) is 13.1 Å². The van der Waals surface area contributed by atoms with Crippen molar-refractivity contribution in [2.45, 2.75) is 56.4 Å². The van der Waals surface area contributed by atoms with Gasteiger partial charge in [-0.05, 0) is 70.3 Å². The van der Waals surface area contributed by atoms with Crippen molar-refractivity contribution in [2.75, 3.05) is 33.4 Å².